The summed E-state index contributed by atoms with van der Waals surface area (Å²) in [4.78, 5) is 5.10. The van der Waals surface area contributed by atoms with Crippen molar-refractivity contribution in [2.75, 3.05) is 45.8 Å². The molecule has 1 aliphatic rings. The Kier molecular flexibility index (Phi) is 5.03. The third kappa shape index (κ3) is 4.49. The molecule has 0 aliphatic carbocycles. The Morgan fingerprint density at radius 1 is 1.00 bits per heavy atom. The van der Waals surface area contributed by atoms with Gasteiger partial charge in [-0.3, -0.25) is 4.90 Å². The Morgan fingerprint density at radius 2 is 1.53 bits per heavy atom. The normalized spacial score (nSPS) is 20.8. The highest BCUT2D eigenvalue weighted by Crippen LogP contribution is 2.08. The number of nitrogens with zero attached hydrogens (tertiary/aromatic N) is 2. The Hall–Kier alpha value is -0.120. The maximum atomic E-state index is 3.54. The summed E-state index contributed by atoms with van der Waals surface area (Å²) >= 11 is 0. The molecular formula is C12H27N3. The molecule has 0 unspecified atom stereocenters. The molecule has 0 aromatic heterocycles. The van der Waals surface area contributed by atoms with Crippen molar-refractivity contribution in [2.45, 2.75) is 33.2 Å². The molecule has 0 saturated carbocycles. The second kappa shape index (κ2) is 5.83. The first kappa shape index (κ1) is 12.9. The lowest BCUT2D eigenvalue weighted by Crippen LogP contribution is -2.54. The zero-order chi connectivity index (χ0) is 11.3. The van der Waals surface area contributed by atoms with Gasteiger partial charge in [-0.2, -0.15) is 0 Å². The first-order chi connectivity index (χ1) is 7.07. The van der Waals surface area contributed by atoms with Crippen molar-refractivity contribution >= 4 is 0 Å². The summed E-state index contributed by atoms with van der Waals surface area (Å²) in [6.45, 7) is 17.4. The number of hydrogen-bond donors (Lipinski definition) is 1. The van der Waals surface area contributed by atoms with Gasteiger partial charge in [0.05, 0.1) is 0 Å². The van der Waals surface area contributed by atoms with Gasteiger partial charge in [-0.05, 0) is 26.9 Å². The van der Waals surface area contributed by atoms with Crippen LogP contribution in [0.5, 0.6) is 0 Å². The lowest BCUT2D eigenvalue weighted by atomic mass is 10.0. The van der Waals surface area contributed by atoms with E-state index in [9.17, 15) is 0 Å². The van der Waals surface area contributed by atoms with E-state index in [1.807, 2.05) is 0 Å². The first-order valence-electron chi connectivity index (χ1n) is 6.27. The molecule has 1 rings (SSSR count). The second-order valence-electron chi connectivity index (χ2n) is 5.12. The highest BCUT2D eigenvalue weighted by Gasteiger charge is 2.23. The Labute approximate surface area is 94.8 Å². The summed E-state index contributed by atoms with van der Waals surface area (Å²) in [6.07, 6.45) is 0. The molecule has 3 nitrogen and oxygen atoms in total. The summed E-state index contributed by atoms with van der Waals surface area (Å²) in [7, 11) is 0. The molecule has 0 bridgehead atoms. The topological polar surface area (TPSA) is 18.5 Å². The molecule has 1 heterocycles. The van der Waals surface area contributed by atoms with Crippen LogP contribution in [0, 0.1) is 0 Å². The van der Waals surface area contributed by atoms with Gasteiger partial charge >= 0.3 is 0 Å². The molecule has 0 atom stereocenters. The molecule has 0 aromatic carbocycles. The maximum absolute atomic E-state index is 3.54. The van der Waals surface area contributed by atoms with E-state index in [2.05, 4.69) is 42.8 Å². The van der Waals surface area contributed by atoms with Crippen LogP contribution in [0.4, 0.5) is 0 Å². The van der Waals surface area contributed by atoms with Gasteiger partial charge in [0.15, 0.2) is 0 Å². The number of rotatable bonds is 5. The van der Waals surface area contributed by atoms with E-state index in [-0.39, 0.29) is 5.54 Å². The molecule has 0 aromatic rings. The standard InChI is InChI=1S/C12H27N3/c1-5-13-12(3,4)11-15-9-7-14(6-2)8-10-15/h13H,5-11H2,1-4H3. The average Bonchev–Trinajstić information content (AvgIpc) is 2.18. The minimum Gasteiger partial charge on any atom is -0.311 e. The summed E-state index contributed by atoms with van der Waals surface area (Å²) < 4.78 is 0. The van der Waals surface area contributed by atoms with Crippen molar-refractivity contribution in [2.24, 2.45) is 0 Å². The van der Waals surface area contributed by atoms with Gasteiger partial charge in [0.25, 0.3) is 0 Å². The predicted molar refractivity (Wildman–Crippen MR) is 66.3 cm³/mol. The lowest BCUT2D eigenvalue weighted by molar-refractivity contribution is 0.112. The first-order valence-corrected chi connectivity index (χ1v) is 6.27. The molecule has 15 heavy (non-hydrogen) atoms. The van der Waals surface area contributed by atoms with Gasteiger partial charge in [-0.15, -0.1) is 0 Å². The van der Waals surface area contributed by atoms with Gasteiger partial charge in [-0.25, -0.2) is 0 Å². The van der Waals surface area contributed by atoms with Crippen LogP contribution in [0.25, 0.3) is 0 Å². The Bertz CT molecular complexity index is 172. The molecule has 0 spiro atoms. The fourth-order valence-corrected chi connectivity index (χ4v) is 2.36. The molecular weight excluding hydrogens is 186 g/mol. The minimum atomic E-state index is 0.253. The van der Waals surface area contributed by atoms with Crippen molar-refractivity contribution in [1.29, 1.82) is 0 Å². The number of piperazine rings is 1. The SMILES string of the molecule is CCNC(C)(C)CN1CCN(CC)CC1. The van der Waals surface area contributed by atoms with Gasteiger partial charge in [0.1, 0.15) is 0 Å². The fourth-order valence-electron chi connectivity index (χ4n) is 2.36. The quantitative estimate of drug-likeness (QED) is 0.735. The van der Waals surface area contributed by atoms with Gasteiger partial charge < -0.3 is 10.2 Å². The van der Waals surface area contributed by atoms with Crippen molar-refractivity contribution in [3.8, 4) is 0 Å². The lowest BCUT2D eigenvalue weighted by Gasteiger charge is -2.38. The van der Waals surface area contributed by atoms with Crippen molar-refractivity contribution < 1.29 is 0 Å². The van der Waals surface area contributed by atoms with E-state index in [1.54, 1.807) is 0 Å². The second-order valence-corrected chi connectivity index (χ2v) is 5.12. The number of likely N-dealkylation sites (N-methyl/N-ethyl adjacent to an activating group) is 2. The van der Waals surface area contributed by atoms with Crippen LogP contribution in [0.2, 0.25) is 0 Å². The molecule has 90 valence electrons. The van der Waals surface area contributed by atoms with Crippen LogP contribution in [0.1, 0.15) is 27.7 Å². The summed E-state index contributed by atoms with van der Waals surface area (Å²) in [6, 6.07) is 0. The molecule has 1 fully saturated rings. The van der Waals surface area contributed by atoms with Gasteiger partial charge in [-0.1, -0.05) is 13.8 Å². The van der Waals surface area contributed by atoms with Crippen LogP contribution < -0.4 is 5.32 Å². The predicted octanol–water partition coefficient (Wildman–Crippen LogP) is 1.01. The van der Waals surface area contributed by atoms with Crippen molar-refractivity contribution in [3.63, 3.8) is 0 Å². The van der Waals surface area contributed by atoms with Crippen LogP contribution in [0.3, 0.4) is 0 Å². The highest BCUT2D eigenvalue weighted by molar-refractivity contribution is 4.83. The monoisotopic (exact) mass is 213 g/mol. The minimum absolute atomic E-state index is 0.253. The van der Waals surface area contributed by atoms with Crippen LogP contribution >= 0.6 is 0 Å². The van der Waals surface area contributed by atoms with Crippen molar-refractivity contribution in [1.82, 2.24) is 15.1 Å². The molecule has 0 amide bonds. The van der Waals surface area contributed by atoms with Crippen LogP contribution in [0.15, 0.2) is 0 Å². The largest absolute Gasteiger partial charge is 0.311 e. The van der Waals surface area contributed by atoms with E-state index in [0.717, 1.165) is 6.54 Å². The van der Waals surface area contributed by atoms with Crippen LogP contribution in [-0.4, -0.2) is 61.2 Å². The Morgan fingerprint density at radius 3 is 2.00 bits per heavy atom. The highest BCUT2D eigenvalue weighted by atomic mass is 15.3. The summed E-state index contributed by atoms with van der Waals surface area (Å²) in [5, 5.41) is 3.54. The molecule has 0 radical (unpaired) electrons. The van der Waals surface area contributed by atoms with E-state index in [1.165, 1.54) is 39.3 Å². The smallest absolute Gasteiger partial charge is 0.0252 e. The maximum Gasteiger partial charge on any atom is 0.0252 e. The third-order valence-electron chi connectivity index (χ3n) is 3.19. The van der Waals surface area contributed by atoms with Crippen LogP contribution in [-0.2, 0) is 0 Å². The summed E-state index contributed by atoms with van der Waals surface area (Å²) in [5.41, 5.74) is 0.253. The molecule has 3 heteroatoms. The van der Waals surface area contributed by atoms with E-state index >= 15 is 0 Å². The van der Waals surface area contributed by atoms with Gasteiger partial charge in [0.2, 0.25) is 0 Å². The zero-order valence-electron chi connectivity index (χ0n) is 10.8. The van der Waals surface area contributed by atoms with Crippen molar-refractivity contribution in [3.05, 3.63) is 0 Å². The van der Waals surface area contributed by atoms with Gasteiger partial charge in [0, 0.05) is 38.3 Å². The molecule has 1 saturated heterocycles. The fraction of sp³-hybridized carbons (Fsp3) is 1.00. The van der Waals surface area contributed by atoms with E-state index in [0.29, 0.717) is 0 Å². The van der Waals surface area contributed by atoms with E-state index in [4.69, 9.17) is 0 Å². The molecule has 1 aliphatic heterocycles. The van der Waals surface area contributed by atoms with E-state index < -0.39 is 0 Å². The number of nitrogens with one attached hydrogen (secondary N) is 1. The average molecular weight is 213 g/mol. The zero-order valence-corrected chi connectivity index (χ0v) is 10.8. The number of hydrogen-bond acceptors (Lipinski definition) is 3. The Balaban J connectivity index is 2.28. The third-order valence-corrected chi connectivity index (χ3v) is 3.19. The summed E-state index contributed by atoms with van der Waals surface area (Å²) in [5.74, 6) is 0. The molecule has 1 N–H and O–H groups in total.